The zero-order valence-electron chi connectivity index (χ0n) is 18.3. The van der Waals surface area contributed by atoms with E-state index in [0.29, 0.717) is 5.56 Å². The van der Waals surface area contributed by atoms with Crippen LogP contribution >= 0.6 is 0 Å². The summed E-state index contributed by atoms with van der Waals surface area (Å²) in [6, 6.07) is 42.5. The van der Waals surface area contributed by atoms with E-state index in [9.17, 15) is 5.26 Å². The first-order chi connectivity index (χ1) is 16.8. The zero-order chi connectivity index (χ0) is 22.6. The van der Waals surface area contributed by atoms with Crippen LogP contribution in [0.3, 0.4) is 0 Å². The van der Waals surface area contributed by atoms with Gasteiger partial charge < -0.3 is 9.13 Å². The fraction of sp³-hybridized carbons (Fsp3) is 0. The van der Waals surface area contributed by atoms with E-state index in [1.807, 2.05) is 12.1 Å². The van der Waals surface area contributed by atoms with E-state index in [0.717, 1.165) is 33.2 Å². The molecule has 2 aromatic heterocycles. The third-order valence-corrected chi connectivity index (χ3v) is 6.73. The van der Waals surface area contributed by atoms with Gasteiger partial charge in [-0.05, 0) is 54.6 Å². The number of aromatic nitrogens is 2. The first kappa shape index (κ1) is 18.7. The van der Waals surface area contributed by atoms with Crippen molar-refractivity contribution in [3.8, 4) is 17.4 Å². The molecule has 0 aliphatic carbocycles. The van der Waals surface area contributed by atoms with Crippen LogP contribution in [-0.4, -0.2) is 9.13 Å². The molecule has 0 amide bonds. The van der Waals surface area contributed by atoms with Crippen LogP contribution in [0, 0.1) is 11.3 Å². The molecule has 7 aromatic rings. The molecule has 0 radical (unpaired) electrons. The van der Waals surface area contributed by atoms with E-state index in [1.54, 1.807) is 0 Å². The molecule has 0 fully saturated rings. The molecule has 0 saturated heterocycles. The molecule has 34 heavy (non-hydrogen) atoms. The normalized spacial score (nSPS) is 11.5. The van der Waals surface area contributed by atoms with Crippen molar-refractivity contribution in [1.29, 1.82) is 5.26 Å². The Balaban J connectivity index is 1.54. The molecule has 3 nitrogen and oxygen atoms in total. The Morgan fingerprint density at radius 2 is 0.912 bits per heavy atom. The summed E-state index contributed by atoms with van der Waals surface area (Å²) in [4.78, 5) is 0. The maximum atomic E-state index is 9.45. The Morgan fingerprint density at radius 1 is 0.441 bits per heavy atom. The highest BCUT2D eigenvalue weighted by atomic mass is 15.0. The van der Waals surface area contributed by atoms with Crippen LogP contribution in [0.1, 0.15) is 5.56 Å². The Hall–Kier alpha value is -4.81. The van der Waals surface area contributed by atoms with Gasteiger partial charge in [-0.3, -0.25) is 0 Å². The van der Waals surface area contributed by atoms with Gasteiger partial charge in [0.25, 0.3) is 0 Å². The molecule has 5 aromatic carbocycles. The molecule has 0 spiro atoms. The van der Waals surface area contributed by atoms with Crippen molar-refractivity contribution in [2.75, 3.05) is 0 Å². The number of hydrogen-bond donors (Lipinski definition) is 0. The van der Waals surface area contributed by atoms with Gasteiger partial charge in [0.2, 0.25) is 0 Å². The summed E-state index contributed by atoms with van der Waals surface area (Å²) >= 11 is 0. The highest BCUT2D eigenvalue weighted by molar-refractivity contribution is 6.10. The van der Waals surface area contributed by atoms with Crippen molar-refractivity contribution >= 4 is 43.6 Å². The van der Waals surface area contributed by atoms with Crippen LogP contribution in [0.15, 0.2) is 115 Å². The molecule has 0 N–H and O–H groups in total. The predicted octanol–water partition coefficient (Wildman–Crippen LogP) is 7.75. The van der Waals surface area contributed by atoms with E-state index in [2.05, 4.69) is 118 Å². The molecule has 7 rings (SSSR count). The maximum Gasteiger partial charge on any atom is 0.0991 e. The van der Waals surface area contributed by atoms with Gasteiger partial charge >= 0.3 is 0 Å². The Morgan fingerprint density at radius 3 is 1.44 bits per heavy atom. The van der Waals surface area contributed by atoms with E-state index in [-0.39, 0.29) is 0 Å². The SMILES string of the molecule is N#Cc1ccc2c(c1)c1ccccc1n2-c1cccc(-n2c3ccccc3c3ccccc32)c1. The van der Waals surface area contributed by atoms with Crippen LogP contribution in [0.2, 0.25) is 0 Å². The number of nitriles is 1. The number of benzene rings is 5. The largest absolute Gasteiger partial charge is 0.309 e. The van der Waals surface area contributed by atoms with Gasteiger partial charge in [0.1, 0.15) is 0 Å². The lowest BCUT2D eigenvalue weighted by Crippen LogP contribution is -1.98. The molecule has 2 heterocycles. The van der Waals surface area contributed by atoms with Crippen molar-refractivity contribution in [2.45, 2.75) is 0 Å². The summed E-state index contributed by atoms with van der Waals surface area (Å²) in [5, 5.41) is 14.2. The molecular weight excluding hydrogens is 414 g/mol. The molecule has 0 aliphatic rings. The average Bonchev–Trinajstić information content (AvgIpc) is 3.41. The van der Waals surface area contributed by atoms with Gasteiger partial charge in [-0.25, -0.2) is 0 Å². The van der Waals surface area contributed by atoms with E-state index < -0.39 is 0 Å². The molecule has 0 aliphatic heterocycles. The lowest BCUT2D eigenvalue weighted by Gasteiger charge is -2.12. The molecule has 158 valence electrons. The van der Waals surface area contributed by atoms with E-state index in [4.69, 9.17) is 0 Å². The van der Waals surface area contributed by atoms with Crippen molar-refractivity contribution in [1.82, 2.24) is 9.13 Å². The summed E-state index contributed by atoms with van der Waals surface area (Å²) in [6.07, 6.45) is 0. The summed E-state index contributed by atoms with van der Waals surface area (Å²) in [6.45, 7) is 0. The quantitative estimate of drug-likeness (QED) is 0.274. The number of para-hydroxylation sites is 3. The first-order valence-electron chi connectivity index (χ1n) is 11.4. The minimum atomic E-state index is 0.675. The standard InChI is InChI=1S/C31H19N3/c32-20-21-16-17-31-27(18-21)26-12-3-6-15-30(26)34(31)23-9-7-8-22(19-23)33-28-13-4-1-10-24(28)25-11-2-5-14-29(25)33/h1-19H. The number of fused-ring (bicyclic) bond motifs is 6. The van der Waals surface area contributed by atoms with Gasteiger partial charge in [-0.1, -0.05) is 60.7 Å². The molecule has 0 bridgehead atoms. The summed E-state index contributed by atoms with van der Waals surface area (Å²) < 4.78 is 4.64. The van der Waals surface area contributed by atoms with Crippen molar-refractivity contribution < 1.29 is 0 Å². The van der Waals surface area contributed by atoms with E-state index >= 15 is 0 Å². The Labute approximate surface area is 196 Å². The number of nitrogens with zero attached hydrogens (tertiary/aromatic N) is 3. The lowest BCUT2D eigenvalue weighted by atomic mass is 10.1. The highest BCUT2D eigenvalue weighted by Crippen LogP contribution is 2.35. The predicted molar refractivity (Wildman–Crippen MR) is 140 cm³/mol. The minimum absolute atomic E-state index is 0.675. The fourth-order valence-electron chi connectivity index (χ4n) is 5.29. The molecule has 3 heteroatoms. The van der Waals surface area contributed by atoms with Gasteiger partial charge in [-0.15, -0.1) is 0 Å². The molecule has 0 atom stereocenters. The summed E-state index contributed by atoms with van der Waals surface area (Å²) in [5.74, 6) is 0. The maximum absolute atomic E-state index is 9.45. The van der Waals surface area contributed by atoms with Gasteiger partial charge in [0, 0.05) is 32.9 Å². The Kier molecular flexibility index (Phi) is 3.91. The number of rotatable bonds is 2. The van der Waals surface area contributed by atoms with Crippen LogP contribution in [0.5, 0.6) is 0 Å². The summed E-state index contributed by atoms with van der Waals surface area (Å²) in [7, 11) is 0. The second-order valence-corrected chi connectivity index (χ2v) is 8.59. The second-order valence-electron chi connectivity index (χ2n) is 8.59. The monoisotopic (exact) mass is 433 g/mol. The third-order valence-electron chi connectivity index (χ3n) is 6.73. The number of hydrogen-bond acceptors (Lipinski definition) is 1. The smallest absolute Gasteiger partial charge is 0.0991 e. The van der Waals surface area contributed by atoms with Crippen LogP contribution in [0.4, 0.5) is 0 Å². The van der Waals surface area contributed by atoms with Crippen LogP contribution in [0.25, 0.3) is 55.0 Å². The fourth-order valence-corrected chi connectivity index (χ4v) is 5.29. The van der Waals surface area contributed by atoms with Gasteiger partial charge in [0.05, 0.1) is 33.7 Å². The van der Waals surface area contributed by atoms with Crippen LogP contribution in [-0.2, 0) is 0 Å². The average molecular weight is 434 g/mol. The highest BCUT2D eigenvalue weighted by Gasteiger charge is 2.15. The topological polar surface area (TPSA) is 33.6 Å². The third kappa shape index (κ3) is 2.57. The summed E-state index contributed by atoms with van der Waals surface area (Å²) in [5.41, 5.74) is 7.51. The molecular formula is C31H19N3. The van der Waals surface area contributed by atoms with Crippen LogP contribution < -0.4 is 0 Å². The zero-order valence-corrected chi connectivity index (χ0v) is 18.3. The van der Waals surface area contributed by atoms with Gasteiger partial charge in [0.15, 0.2) is 0 Å². The first-order valence-corrected chi connectivity index (χ1v) is 11.4. The molecule has 0 saturated carbocycles. The molecule has 0 unspecified atom stereocenters. The van der Waals surface area contributed by atoms with Gasteiger partial charge in [-0.2, -0.15) is 5.26 Å². The lowest BCUT2D eigenvalue weighted by molar-refractivity contribution is 1.13. The minimum Gasteiger partial charge on any atom is -0.309 e. The second kappa shape index (κ2) is 7.10. The van der Waals surface area contributed by atoms with Crippen molar-refractivity contribution in [3.63, 3.8) is 0 Å². The van der Waals surface area contributed by atoms with Crippen molar-refractivity contribution in [2.24, 2.45) is 0 Å². The van der Waals surface area contributed by atoms with Crippen molar-refractivity contribution in [3.05, 3.63) is 121 Å². The van der Waals surface area contributed by atoms with E-state index in [1.165, 1.54) is 21.8 Å². The Bertz CT molecular complexity index is 1870.